The third-order valence-corrected chi connectivity index (χ3v) is 5.66. The summed E-state index contributed by atoms with van der Waals surface area (Å²) in [5.41, 5.74) is 7.76. The lowest BCUT2D eigenvalue weighted by Gasteiger charge is -2.09. The molecule has 3 aromatic carbocycles. The van der Waals surface area contributed by atoms with Crippen LogP contribution >= 0.6 is 0 Å². The highest BCUT2D eigenvalue weighted by Crippen LogP contribution is 2.35. The fraction of sp³-hybridized carbons (Fsp3) is 0.148. The first kappa shape index (κ1) is 19.3. The van der Waals surface area contributed by atoms with Crippen molar-refractivity contribution in [1.82, 2.24) is 14.0 Å². The van der Waals surface area contributed by atoms with E-state index in [1.807, 2.05) is 24.3 Å². The Bertz CT molecular complexity index is 1300. The third-order valence-electron chi connectivity index (χ3n) is 5.66. The predicted molar refractivity (Wildman–Crippen MR) is 126 cm³/mol. The Kier molecular flexibility index (Phi) is 5.14. The Morgan fingerprint density at radius 3 is 2.06 bits per heavy atom. The lowest BCUT2D eigenvalue weighted by atomic mass is 10.0. The fourth-order valence-corrected chi connectivity index (χ4v) is 4.11. The zero-order chi connectivity index (χ0) is 21.2. The van der Waals surface area contributed by atoms with Crippen LogP contribution in [0.15, 0.2) is 91.1 Å². The molecule has 0 unspecified atom stereocenters. The molecular weight excluding hydrogens is 382 g/mol. The average Bonchev–Trinajstić information content (AvgIpc) is 3.36. The number of hydrogen-bond acceptors (Lipinski definition) is 2. The normalized spacial score (nSPS) is 11.3. The lowest BCUT2D eigenvalue weighted by molar-refractivity contribution is 0.280. The monoisotopic (exact) mass is 407 g/mol. The molecule has 0 atom stereocenters. The molecule has 31 heavy (non-hydrogen) atoms. The number of aliphatic hydroxyl groups excluding tert-OH is 1. The summed E-state index contributed by atoms with van der Waals surface area (Å²) < 4.78 is 4.42. The van der Waals surface area contributed by atoms with Crippen LogP contribution in [0.3, 0.4) is 0 Å². The maximum Gasteiger partial charge on any atom is 0.215 e. The molecule has 0 aliphatic rings. The summed E-state index contributed by atoms with van der Waals surface area (Å²) in [5, 5.41) is 9.51. The molecule has 0 saturated carbocycles. The molecule has 0 bridgehead atoms. The van der Waals surface area contributed by atoms with E-state index in [2.05, 4.69) is 82.8 Å². The fourth-order valence-electron chi connectivity index (χ4n) is 4.11. The zero-order valence-corrected chi connectivity index (χ0v) is 17.6. The van der Waals surface area contributed by atoms with E-state index >= 15 is 0 Å². The predicted octanol–water partition coefficient (Wildman–Crippen LogP) is 5.83. The van der Waals surface area contributed by atoms with Crippen molar-refractivity contribution in [3.05, 3.63) is 96.7 Å². The molecule has 4 heteroatoms. The van der Waals surface area contributed by atoms with Crippen LogP contribution in [-0.4, -0.2) is 25.7 Å². The second-order valence-electron chi connectivity index (χ2n) is 7.82. The SMILES string of the molecule is Cc1ccc(-c2cn3c(-c4ccccc4)c(-c4ccccc4)nc3n2CCCO)cc1. The van der Waals surface area contributed by atoms with Crippen LogP contribution in [0, 0.1) is 6.92 Å². The summed E-state index contributed by atoms with van der Waals surface area (Å²) in [4.78, 5) is 5.12. The van der Waals surface area contributed by atoms with E-state index in [0.29, 0.717) is 13.0 Å². The number of aromatic nitrogens is 3. The summed E-state index contributed by atoms with van der Waals surface area (Å²) in [7, 11) is 0. The van der Waals surface area contributed by atoms with Crippen molar-refractivity contribution in [2.45, 2.75) is 19.9 Å². The molecule has 0 spiro atoms. The van der Waals surface area contributed by atoms with Gasteiger partial charge in [0.15, 0.2) is 0 Å². The molecule has 0 radical (unpaired) electrons. The molecule has 0 amide bonds. The van der Waals surface area contributed by atoms with E-state index in [1.165, 1.54) is 5.56 Å². The van der Waals surface area contributed by atoms with Crippen molar-refractivity contribution in [3.63, 3.8) is 0 Å². The van der Waals surface area contributed by atoms with E-state index < -0.39 is 0 Å². The van der Waals surface area contributed by atoms with E-state index in [1.54, 1.807) is 0 Å². The van der Waals surface area contributed by atoms with Crippen LogP contribution in [0.2, 0.25) is 0 Å². The minimum absolute atomic E-state index is 0.148. The molecule has 1 N–H and O–H groups in total. The molecular formula is C27H25N3O. The van der Waals surface area contributed by atoms with Gasteiger partial charge >= 0.3 is 0 Å². The van der Waals surface area contributed by atoms with Crippen molar-refractivity contribution in [3.8, 4) is 33.8 Å². The number of nitrogens with zero attached hydrogens (tertiary/aromatic N) is 3. The van der Waals surface area contributed by atoms with Gasteiger partial charge in [-0.3, -0.25) is 4.40 Å². The van der Waals surface area contributed by atoms with Crippen LogP contribution in [0.5, 0.6) is 0 Å². The lowest BCUT2D eigenvalue weighted by Crippen LogP contribution is -2.03. The maximum atomic E-state index is 9.51. The van der Waals surface area contributed by atoms with Gasteiger partial charge in [-0.15, -0.1) is 0 Å². The number of imidazole rings is 2. The van der Waals surface area contributed by atoms with Gasteiger partial charge in [0.2, 0.25) is 5.78 Å². The Morgan fingerprint density at radius 1 is 0.774 bits per heavy atom. The molecule has 0 aliphatic heterocycles. The molecule has 0 aliphatic carbocycles. The standard InChI is InChI=1S/C27H25N3O/c1-20-13-15-21(16-14-20)24-19-30-26(23-11-6-3-7-12-23)25(22-9-4-2-5-10-22)28-27(30)29(24)17-8-18-31/h2-7,9-16,19,31H,8,17-18H2,1H3. The minimum Gasteiger partial charge on any atom is -0.396 e. The Hall–Kier alpha value is -3.63. The molecule has 0 saturated heterocycles. The van der Waals surface area contributed by atoms with Crippen molar-refractivity contribution in [2.24, 2.45) is 0 Å². The topological polar surface area (TPSA) is 42.5 Å². The van der Waals surface area contributed by atoms with Crippen LogP contribution in [0.4, 0.5) is 0 Å². The highest BCUT2D eigenvalue weighted by atomic mass is 16.3. The number of fused-ring (bicyclic) bond motifs is 1. The second kappa shape index (κ2) is 8.25. The van der Waals surface area contributed by atoms with E-state index in [9.17, 15) is 5.11 Å². The number of benzene rings is 3. The highest BCUT2D eigenvalue weighted by Gasteiger charge is 2.21. The van der Waals surface area contributed by atoms with Crippen molar-refractivity contribution in [2.75, 3.05) is 6.61 Å². The van der Waals surface area contributed by atoms with Crippen LogP contribution in [0.25, 0.3) is 39.5 Å². The van der Waals surface area contributed by atoms with Crippen LogP contribution in [-0.2, 0) is 6.54 Å². The number of aryl methyl sites for hydroxylation is 2. The smallest absolute Gasteiger partial charge is 0.215 e. The largest absolute Gasteiger partial charge is 0.396 e. The van der Waals surface area contributed by atoms with Gasteiger partial charge < -0.3 is 9.67 Å². The molecule has 5 aromatic rings. The van der Waals surface area contributed by atoms with Gasteiger partial charge in [-0.25, -0.2) is 4.98 Å². The Labute approximate surface area is 182 Å². The second-order valence-corrected chi connectivity index (χ2v) is 7.82. The van der Waals surface area contributed by atoms with Gasteiger partial charge in [0.05, 0.1) is 17.1 Å². The summed E-state index contributed by atoms with van der Waals surface area (Å²) in [6.07, 6.45) is 2.86. The van der Waals surface area contributed by atoms with E-state index in [-0.39, 0.29) is 6.61 Å². The van der Waals surface area contributed by atoms with Crippen molar-refractivity contribution >= 4 is 5.78 Å². The van der Waals surface area contributed by atoms with Crippen molar-refractivity contribution in [1.29, 1.82) is 0 Å². The molecule has 4 nitrogen and oxygen atoms in total. The van der Waals surface area contributed by atoms with Crippen LogP contribution < -0.4 is 0 Å². The highest BCUT2D eigenvalue weighted by molar-refractivity contribution is 5.82. The van der Waals surface area contributed by atoms with Gasteiger partial charge in [0.1, 0.15) is 0 Å². The first-order valence-electron chi connectivity index (χ1n) is 10.7. The molecule has 154 valence electrons. The first-order valence-corrected chi connectivity index (χ1v) is 10.7. The van der Waals surface area contributed by atoms with E-state index in [0.717, 1.165) is 39.5 Å². The number of hydrogen-bond donors (Lipinski definition) is 1. The molecule has 0 fully saturated rings. The molecule has 2 heterocycles. The quantitative estimate of drug-likeness (QED) is 0.385. The van der Waals surface area contributed by atoms with Gasteiger partial charge in [0, 0.05) is 30.5 Å². The van der Waals surface area contributed by atoms with Crippen LogP contribution in [0.1, 0.15) is 12.0 Å². The zero-order valence-electron chi connectivity index (χ0n) is 17.6. The number of rotatable bonds is 6. The maximum absolute atomic E-state index is 9.51. The average molecular weight is 408 g/mol. The Morgan fingerprint density at radius 2 is 1.42 bits per heavy atom. The minimum atomic E-state index is 0.148. The van der Waals surface area contributed by atoms with Crippen molar-refractivity contribution < 1.29 is 5.11 Å². The molecule has 2 aromatic heterocycles. The summed E-state index contributed by atoms with van der Waals surface area (Å²) >= 11 is 0. The third kappa shape index (κ3) is 3.56. The van der Waals surface area contributed by atoms with Gasteiger partial charge in [0.25, 0.3) is 0 Å². The Balaban J connectivity index is 1.80. The molecule has 5 rings (SSSR count). The van der Waals surface area contributed by atoms with Gasteiger partial charge in [-0.2, -0.15) is 0 Å². The van der Waals surface area contributed by atoms with Gasteiger partial charge in [-0.1, -0.05) is 90.5 Å². The summed E-state index contributed by atoms with van der Waals surface area (Å²) in [6.45, 7) is 2.95. The van der Waals surface area contributed by atoms with Gasteiger partial charge in [-0.05, 0) is 18.9 Å². The summed E-state index contributed by atoms with van der Waals surface area (Å²) in [5.74, 6) is 0.890. The van der Waals surface area contributed by atoms with E-state index in [4.69, 9.17) is 4.98 Å². The number of aliphatic hydroxyl groups is 1. The summed E-state index contributed by atoms with van der Waals surface area (Å²) in [6, 6.07) is 29.3. The first-order chi connectivity index (χ1) is 15.3.